The van der Waals surface area contributed by atoms with Crippen LogP contribution in [0.25, 0.3) is 0 Å². The number of hydrogen-bond donors (Lipinski definition) is 1. The minimum atomic E-state index is -0.956. The van der Waals surface area contributed by atoms with Crippen molar-refractivity contribution in [3.8, 4) is 17.2 Å². The van der Waals surface area contributed by atoms with E-state index in [9.17, 15) is 4.79 Å². The highest BCUT2D eigenvalue weighted by Crippen LogP contribution is 2.30. The molecule has 0 fully saturated rings. The Morgan fingerprint density at radius 2 is 1.86 bits per heavy atom. The molecule has 2 aromatic rings. The van der Waals surface area contributed by atoms with Crippen molar-refractivity contribution < 1.29 is 24.1 Å². The number of para-hydroxylation sites is 2. The summed E-state index contributed by atoms with van der Waals surface area (Å²) in [4.78, 5) is 10.8. The van der Waals surface area contributed by atoms with Crippen LogP contribution in [0.3, 0.4) is 0 Å². The highest BCUT2D eigenvalue weighted by Gasteiger charge is 2.21. The third-order valence-electron chi connectivity index (χ3n) is 3.10. The second-order valence-electron chi connectivity index (χ2n) is 4.64. The molecule has 0 saturated carbocycles. The molecule has 1 heterocycles. The minimum absolute atomic E-state index is 0.195. The number of aromatic carboxylic acids is 1. The lowest BCUT2D eigenvalue weighted by Gasteiger charge is -2.26. The first-order chi connectivity index (χ1) is 10.2. The fourth-order valence-electron chi connectivity index (χ4n) is 2.03. The summed E-state index contributed by atoms with van der Waals surface area (Å²) >= 11 is 0. The molecule has 0 aromatic heterocycles. The summed E-state index contributed by atoms with van der Waals surface area (Å²) in [6.07, 6.45) is -0.195. The Kier molecular flexibility index (Phi) is 3.64. The van der Waals surface area contributed by atoms with Gasteiger partial charge in [-0.3, -0.25) is 0 Å². The van der Waals surface area contributed by atoms with Gasteiger partial charge in [-0.15, -0.1) is 0 Å². The van der Waals surface area contributed by atoms with Gasteiger partial charge >= 0.3 is 5.97 Å². The maximum Gasteiger partial charge on any atom is 0.335 e. The zero-order valence-corrected chi connectivity index (χ0v) is 11.2. The van der Waals surface area contributed by atoms with E-state index in [1.807, 2.05) is 24.3 Å². The number of carboxylic acid groups (broad SMARTS) is 1. The first-order valence-electron chi connectivity index (χ1n) is 6.57. The largest absolute Gasteiger partial charge is 0.490 e. The number of hydrogen-bond acceptors (Lipinski definition) is 4. The second kappa shape index (κ2) is 5.75. The highest BCUT2D eigenvalue weighted by molar-refractivity contribution is 5.87. The summed E-state index contributed by atoms with van der Waals surface area (Å²) in [5.41, 5.74) is 0.230. The highest BCUT2D eigenvalue weighted by atomic mass is 16.6. The van der Waals surface area contributed by atoms with Crippen molar-refractivity contribution in [2.24, 2.45) is 0 Å². The molecule has 21 heavy (non-hydrogen) atoms. The van der Waals surface area contributed by atoms with Crippen molar-refractivity contribution in [2.45, 2.75) is 6.10 Å². The van der Waals surface area contributed by atoms with Gasteiger partial charge in [0.2, 0.25) is 0 Å². The van der Waals surface area contributed by atoms with Crippen LogP contribution in [-0.2, 0) is 0 Å². The molecule has 1 unspecified atom stereocenters. The lowest BCUT2D eigenvalue weighted by molar-refractivity contribution is 0.0535. The van der Waals surface area contributed by atoms with Crippen LogP contribution < -0.4 is 14.2 Å². The fourth-order valence-corrected chi connectivity index (χ4v) is 2.03. The Bertz CT molecular complexity index is 635. The fraction of sp³-hybridized carbons (Fsp3) is 0.188. The van der Waals surface area contributed by atoms with Gasteiger partial charge in [0.05, 0.1) is 5.56 Å². The number of rotatable bonds is 4. The molecule has 0 amide bonds. The average Bonchev–Trinajstić information content (AvgIpc) is 2.53. The van der Waals surface area contributed by atoms with Gasteiger partial charge in [0, 0.05) is 0 Å². The number of carboxylic acids is 1. The number of fused-ring (bicyclic) bond motifs is 1. The molecule has 1 aliphatic rings. The molecule has 3 rings (SSSR count). The summed E-state index contributed by atoms with van der Waals surface area (Å²) in [6, 6.07) is 13.7. The van der Waals surface area contributed by atoms with Crippen LogP contribution in [-0.4, -0.2) is 30.4 Å². The lowest BCUT2D eigenvalue weighted by atomic mass is 10.2. The van der Waals surface area contributed by atoms with E-state index < -0.39 is 5.97 Å². The van der Waals surface area contributed by atoms with Gasteiger partial charge in [-0.05, 0) is 36.4 Å². The number of ether oxygens (including phenoxy) is 3. The smallest absolute Gasteiger partial charge is 0.335 e. The molecule has 0 spiro atoms. The molecule has 1 N–H and O–H groups in total. The van der Waals surface area contributed by atoms with Gasteiger partial charge in [-0.2, -0.15) is 0 Å². The van der Waals surface area contributed by atoms with Gasteiger partial charge in [0.15, 0.2) is 17.6 Å². The molecular weight excluding hydrogens is 272 g/mol. The summed E-state index contributed by atoms with van der Waals surface area (Å²) in [5.74, 6) is 1.09. The molecule has 1 aliphatic heterocycles. The van der Waals surface area contributed by atoms with Gasteiger partial charge < -0.3 is 19.3 Å². The predicted molar refractivity (Wildman–Crippen MR) is 75.2 cm³/mol. The first kappa shape index (κ1) is 13.3. The van der Waals surface area contributed by atoms with E-state index in [1.165, 1.54) is 12.1 Å². The summed E-state index contributed by atoms with van der Waals surface area (Å²) in [7, 11) is 0. The van der Waals surface area contributed by atoms with Gasteiger partial charge in [0.1, 0.15) is 19.0 Å². The Morgan fingerprint density at radius 1 is 1.14 bits per heavy atom. The maximum absolute atomic E-state index is 10.8. The first-order valence-corrected chi connectivity index (χ1v) is 6.57. The second-order valence-corrected chi connectivity index (χ2v) is 4.64. The van der Waals surface area contributed by atoms with Crippen LogP contribution in [0.1, 0.15) is 10.4 Å². The number of carbonyl (C=O) groups is 1. The van der Waals surface area contributed by atoms with Gasteiger partial charge in [-0.25, -0.2) is 4.79 Å². The van der Waals surface area contributed by atoms with Crippen LogP contribution >= 0.6 is 0 Å². The SMILES string of the molecule is O=C(O)c1ccc(OCC2COc3ccccc3O2)cc1. The molecule has 5 nitrogen and oxygen atoms in total. The van der Waals surface area contributed by atoms with E-state index in [0.29, 0.717) is 24.7 Å². The van der Waals surface area contributed by atoms with E-state index in [4.69, 9.17) is 19.3 Å². The zero-order chi connectivity index (χ0) is 14.7. The third-order valence-corrected chi connectivity index (χ3v) is 3.10. The molecule has 0 saturated heterocycles. The minimum Gasteiger partial charge on any atom is -0.490 e. The monoisotopic (exact) mass is 286 g/mol. The van der Waals surface area contributed by atoms with Crippen molar-refractivity contribution in [2.75, 3.05) is 13.2 Å². The Labute approximate surface area is 121 Å². The Hall–Kier alpha value is -2.69. The third kappa shape index (κ3) is 3.08. The standard InChI is InChI=1S/C16H14O5/c17-16(18)11-5-7-12(8-6-11)19-9-13-10-20-14-3-1-2-4-15(14)21-13/h1-8,13H,9-10H2,(H,17,18). The van der Waals surface area contributed by atoms with Crippen LogP contribution in [0.15, 0.2) is 48.5 Å². The van der Waals surface area contributed by atoms with E-state index in [-0.39, 0.29) is 11.7 Å². The molecule has 0 aliphatic carbocycles. The van der Waals surface area contributed by atoms with Crippen LogP contribution in [0.4, 0.5) is 0 Å². The van der Waals surface area contributed by atoms with Crippen molar-refractivity contribution in [1.29, 1.82) is 0 Å². The van der Waals surface area contributed by atoms with Crippen molar-refractivity contribution in [3.05, 3.63) is 54.1 Å². The summed E-state index contributed by atoms with van der Waals surface area (Å²) in [6.45, 7) is 0.755. The zero-order valence-electron chi connectivity index (χ0n) is 11.2. The predicted octanol–water partition coefficient (Wildman–Crippen LogP) is 2.60. The number of benzene rings is 2. The topological polar surface area (TPSA) is 65.0 Å². The van der Waals surface area contributed by atoms with E-state index in [2.05, 4.69) is 0 Å². The van der Waals surface area contributed by atoms with E-state index in [0.717, 1.165) is 5.75 Å². The molecule has 0 bridgehead atoms. The molecule has 2 aromatic carbocycles. The normalized spacial score (nSPS) is 16.3. The quantitative estimate of drug-likeness (QED) is 0.936. The van der Waals surface area contributed by atoms with Crippen LogP contribution in [0.2, 0.25) is 0 Å². The molecule has 5 heteroatoms. The molecule has 0 radical (unpaired) electrons. The van der Waals surface area contributed by atoms with Crippen molar-refractivity contribution in [1.82, 2.24) is 0 Å². The van der Waals surface area contributed by atoms with E-state index >= 15 is 0 Å². The average molecular weight is 286 g/mol. The molecule has 1 atom stereocenters. The van der Waals surface area contributed by atoms with Crippen LogP contribution in [0.5, 0.6) is 17.2 Å². The summed E-state index contributed by atoms with van der Waals surface area (Å²) in [5, 5.41) is 8.83. The molecule has 108 valence electrons. The van der Waals surface area contributed by atoms with Gasteiger partial charge in [-0.1, -0.05) is 12.1 Å². The summed E-state index contributed by atoms with van der Waals surface area (Å²) < 4.78 is 17.0. The lowest BCUT2D eigenvalue weighted by Crippen LogP contribution is -2.34. The van der Waals surface area contributed by atoms with Crippen molar-refractivity contribution in [3.63, 3.8) is 0 Å². The van der Waals surface area contributed by atoms with Gasteiger partial charge in [0.25, 0.3) is 0 Å². The van der Waals surface area contributed by atoms with Crippen molar-refractivity contribution >= 4 is 5.97 Å². The van der Waals surface area contributed by atoms with Crippen LogP contribution in [0, 0.1) is 0 Å². The molecular formula is C16H14O5. The Balaban J connectivity index is 1.57. The Morgan fingerprint density at radius 3 is 2.57 bits per heavy atom. The van der Waals surface area contributed by atoms with E-state index in [1.54, 1.807) is 12.1 Å². The maximum atomic E-state index is 10.8.